The van der Waals surface area contributed by atoms with Crippen molar-refractivity contribution in [3.05, 3.63) is 42.0 Å². The average molecular weight is 389 g/mol. The van der Waals surface area contributed by atoms with E-state index in [0.29, 0.717) is 23.6 Å². The first kappa shape index (κ1) is 17.6. The number of amides is 1. The second kappa shape index (κ2) is 6.43. The molecular weight excluding hydrogens is 370 g/mol. The number of nitrogens with one attached hydrogen (secondary N) is 1. The molecule has 2 heterocycles. The van der Waals surface area contributed by atoms with Crippen LogP contribution in [0.1, 0.15) is 12.5 Å². The molecule has 27 heavy (non-hydrogen) atoms. The highest BCUT2D eigenvalue weighted by Gasteiger charge is 2.28. The summed E-state index contributed by atoms with van der Waals surface area (Å²) in [6, 6.07) is 10.0. The van der Waals surface area contributed by atoms with E-state index in [0.717, 1.165) is 11.3 Å². The lowest BCUT2D eigenvalue weighted by molar-refractivity contribution is -0.115. The fourth-order valence-electron chi connectivity index (χ4n) is 3.42. The van der Waals surface area contributed by atoms with Crippen LogP contribution in [-0.4, -0.2) is 33.7 Å². The smallest absolute Gasteiger partial charge is 0.243 e. The molecule has 0 aromatic heterocycles. The van der Waals surface area contributed by atoms with Gasteiger partial charge >= 0.3 is 0 Å². The molecule has 1 unspecified atom stereocenters. The van der Waals surface area contributed by atoms with Gasteiger partial charge < -0.3 is 19.7 Å². The number of nitrogens with two attached hydrogens (primary N) is 1. The summed E-state index contributed by atoms with van der Waals surface area (Å²) in [5.74, 6) is 1.08. The van der Waals surface area contributed by atoms with Crippen LogP contribution in [0.5, 0.6) is 11.5 Å². The largest absolute Gasteiger partial charge is 0.454 e. The number of fused-ring (bicyclic) bond motifs is 2. The Kier molecular flexibility index (Phi) is 4.20. The van der Waals surface area contributed by atoms with Gasteiger partial charge in [-0.3, -0.25) is 4.79 Å². The van der Waals surface area contributed by atoms with Crippen LogP contribution in [0.15, 0.2) is 41.3 Å². The van der Waals surface area contributed by atoms with Crippen molar-refractivity contribution in [3.63, 3.8) is 0 Å². The number of primary sulfonamides is 1. The predicted molar refractivity (Wildman–Crippen MR) is 99.5 cm³/mol. The summed E-state index contributed by atoms with van der Waals surface area (Å²) in [6.45, 7) is 2.32. The molecule has 2 aromatic carbocycles. The average Bonchev–Trinajstić information content (AvgIpc) is 3.18. The molecule has 0 saturated carbocycles. The first-order chi connectivity index (χ1) is 12.8. The normalized spacial score (nSPS) is 17.7. The first-order valence-electron chi connectivity index (χ1n) is 8.43. The van der Waals surface area contributed by atoms with Gasteiger partial charge in [-0.25, -0.2) is 13.6 Å². The molecule has 0 bridgehead atoms. The zero-order valence-electron chi connectivity index (χ0n) is 14.6. The zero-order chi connectivity index (χ0) is 19.2. The number of carbonyl (C=O) groups is 1. The Morgan fingerprint density at radius 1 is 1.22 bits per heavy atom. The SMILES string of the molecule is CC1Cc2cc(S(N)(=O)=O)ccc2N1CC(=O)Nc1ccc2c(c1)OCO2. The molecule has 0 radical (unpaired) electrons. The lowest BCUT2D eigenvalue weighted by Gasteiger charge is -2.24. The highest BCUT2D eigenvalue weighted by atomic mass is 32.2. The maximum Gasteiger partial charge on any atom is 0.243 e. The fourth-order valence-corrected chi connectivity index (χ4v) is 3.98. The van der Waals surface area contributed by atoms with Gasteiger partial charge in [0.05, 0.1) is 11.4 Å². The lowest BCUT2D eigenvalue weighted by atomic mass is 10.1. The summed E-state index contributed by atoms with van der Waals surface area (Å²) < 4.78 is 33.6. The van der Waals surface area contributed by atoms with Gasteiger partial charge in [-0.15, -0.1) is 0 Å². The van der Waals surface area contributed by atoms with Crippen molar-refractivity contribution in [2.24, 2.45) is 5.14 Å². The van der Waals surface area contributed by atoms with Gasteiger partial charge in [-0.2, -0.15) is 0 Å². The Morgan fingerprint density at radius 3 is 2.78 bits per heavy atom. The number of hydrogen-bond donors (Lipinski definition) is 2. The number of nitrogens with zero attached hydrogens (tertiary/aromatic N) is 1. The minimum absolute atomic E-state index is 0.0678. The summed E-state index contributed by atoms with van der Waals surface area (Å²) in [4.78, 5) is 14.5. The number of ether oxygens (including phenoxy) is 2. The van der Waals surface area contributed by atoms with Gasteiger partial charge in [-0.1, -0.05) is 0 Å². The molecule has 2 aliphatic rings. The Morgan fingerprint density at radius 2 is 2.00 bits per heavy atom. The number of rotatable bonds is 4. The third-order valence-electron chi connectivity index (χ3n) is 4.71. The molecule has 1 amide bonds. The van der Waals surface area contributed by atoms with Crippen LogP contribution in [0, 0.1) is 0 Å². The van der Waals surface area contributed by atoms with Crippen LogP contribution in [0.3, 0.4) is 0 Å². The summed E-state index contributed by atoms with van der Waals surface area (Å²) in [5, 5.41) is 8.05. The van der Waals surface area contributed by atoms with Gasteiger partial charge in [-0.05, 0) is 49.2 Å². The van der Waals surface area contributed by atoms with E-state index in [9.17, 15) is 13.2 Å². The molecule has 2 aromatic rings. The van der Waals surface area contributed by atoms with Crippen LogP contribution >= 0.6 is 0 Å². The molecule has 8 nitrogen and oxygen atoms in total. The van der Waals surface area contributed by atoms with Crippen molar-refractivity contribution in [2.75, 3.05) is 23.6 Å². The molecule has 0 spiro atoms. The molecular formula is C18H19N3O5S. The zero-order valence-corrected chi connectivity index (χ0v) is 15.5. The van der Waals surface area contributed by atoms with Gasteiger partial charge in [0, 0.05) is 23.5 Å². The third-order valence-corrected chi connectivity index (χ3v) is 5.62. The van der Waals surface area contributed by atoms with E-state index >= 15 is 0 Å². The van der Waals surface area contributed by atoms with E-state index in [-0.39, 0.29) is 30.2 Å². The summed E-state index contributed by atoms with van der Waals surface area (Å²) in [5.41, 5.74) is 2.33. The molecule has 4 rings (SSSR count). The number of anilines is 2. The van der Waals surface area contributed by atoms with Crippen molar-refractivity contribution in [2.45, 2.75) is 24.3 Å². The second-order valence-electron chi connectivity index (χ2n) is 6.63. The highest BCUT2D eigenvalue weighted by molar-refractivity contribution is 7.89. The molecule has 0 aliphatic carbocycles. The predicted octanol–water partition coefficient (Wildman–Crippen LogP) is 1.45. The van der Waals surface area contributed by atoms with Crippen molar-refractivity contribution in [1.82, 2.24) is 0 Å². The van der Waals surface area contributed by atoms with E-state index in [2.05, 4.69) is 5.32 Å². The molecule has 9 heteroatoms. The monoisotopic (exact) mass is 389 g/mol. The molecule has 0 fully saturated rings. The Labute approximate surface area is 156 Å². The number of sulfonamides is 1. The van der Waals surface area contributed by atoms with Gasteiger partial charge in [0.15, 0.2) is 11.5 Å². The summed E-state index contributed by atoms with van der Waals surface area (Å²) in [7, 11) is -3.75. The second-order valence-corrected chi connectivity index (χ2v) is 8.19. The van der Waals surface area contributed by atoms with Crippen molar-refractivity contribution >= 4 is 27.3 Å². The van der Waals surface area contributed by atoms with Crippen LogP contribution in [-0.2, 0) is 21.2 Å². The quantitative estimate of drug-likeness (QED) is 0.819. The topological polar surface area (TPSA) is 111 Å². The van der Waals surface area contributed by atoms with Gasteiger partial charge in [0.1, 0.15) is 0 Å². The number of benzene rings is 2. The minimum atomic E-state index is -3.75. The van der Waals surface area contributed by atoms with E-state index in [1.54, 1.807) is 30.3 Å². The molecule has 1 atom stereocenters. The molecule has 0 saturated heterocycles. The van der Waals surface area contributed by atoms with Crippen molar-refractivity contribution in [1.29, 1.82) is 0 Å². The first-order valence-corrected chi connectivity index (χ1v) is 9.98. The number of carbonyl (C=O) groups excluding carboxylic acids is 1. The van der Waals surface area contributed by atoms with Crippen LogP contribution in [0.25, 0.3) is 0 Å². The van der Waals surface area contributed by atoms with Gasteiger partial charge in [0.25, 0.3) is 0 Å². The lowest BCUT2D eigenvalue weighted by Crippen LogP contribution is -2.37. The highest BCUT2D eigenvalue weighted by Crippen LogP contribution is 2.35. The third kappa shape index (κ3) is 3.43. The Balaban J connectivity index is 1.49. The fraction of sp³-hybridized carbons (Fsp3) is 0.278. The van der Waals surface area contributed by atoms with E-state index in [1.807, 2.05) is 11.8 Å². The van der Waals surface area contributed by atoms with Crippen molar-refractivity contribution < 1.29 is 22.7 Å². The van der Waals surface area contributed by atoms with E-state index < -0.39 is 10.0 Å². The van der Waals surface area contributed by atoms with Crippen LogP contribution < -0.4 is 24.8 Å². The van der Waals surface area contributed by atoms with E-state index in [4.69, 9.17) is 14.6 Å². The standard InChI is InChI=1S/C18H19N3O5S/c1-11-6-12-7-14(27(19,23)24)3-4-15(12)21(11)9-18(22)20-13-2-5-16-17(8-13)26-10-25-16/h2-5,7-8,11H,6,9-10H2,1H3,(H,20,22)(H2,19,23,24). The molecule has 2 aliphatic heterocycles. The maximum absolute atomic E-state index is 12.5. The molecule has 142 valence electrons. The minimum Gasteiger partial charge on any atom is -0.454 e. The Hall–Kier alpha value is -2.78. The van der Waals surface area contributed by atoms with Crippen molar-refractivity contribution in [3.8, 4) is 11.5 Å². The summed E-state index contributed by atoms with van der Waals surface area (Å²) >= 11 is 0. The van der Waals surface area contributed by atoms with Crippen LogP contribution in [0.2, 0.25) is 0 Å². The Bertz CT molecular complexity index is 1020. The van der Waals surface area contributed by atoms with Gasteiger partial charge in [0.2, 0.25) is 22.7 Å². The van der Waals surface area contributed by atoms with Crippen LogP contribution in [0.4, 0.5) is 11.4 Å². The number of hydrogen-bond acceptors (Lipinski definition) is 6. The molecule has 3 N–H and O–H groups in total. The van der Waals surface area contributed by atoms with E-state index in [1.165, 1.54) is 6.07 Å². The summed E-state index contributed by atoms with van der Waals surface area (Å²) in [6.07, 6.45) is 0.649. The maximum atomic E-state index is 12.5.